The van der Waals surface area contributed by atoms with Crippen molar-refractivity contribution in [1.82, 2.24) is 5.32 Å². The van der Waals surface area contributed by atoms with Gasteiger partial charge in [0.2, 0.25) is 5.91 Å². The maximum atomic E-state index is 12.1. The lowest BCUT2D eigenvalue weighted by molar-refractivity contribution is -0.126. The topological polar surface area (TPSA) is 75.4 Å². The number of halogens is 1. The van der Waals surface area contributed by atoms with Crippen LogP contribution in [0.3, 0.4) is 0 Å². The van der Waals surface area contributed by atoms with E-state index in [1.54, 1.807) is 6.92 Å². The summed E-state index contributed by atoms with van der Waals surface area (Å²) in [7, 11) is 0. The van der Waals surface area contributed by atoms with Gasteiger partial charge in [0.05, 0.1) is 11.6 Å². The molecule has 2 rings (SSSR count). The zero-order chi connectivity index (χ0) is 16.2. The van der Waals surface area contributed by atoms with Gasteiger partial charge in [0.15, 0.2) is 0 Å². The summed E-state index contributed by atoms with van der Waals surface area (Å²) < 4.78 is 0. The van der Waals surface area contributed by atoms with Gasteiger partial charge in [-0.3, -0.25) is 4.79 Å². The second-order valence-electron chi connectivity index (χ2n) is 6.00. The van der Waals surface area contributed by atoms with Gasteiger partial charge in [-0.2, -0.15) is 0 Å². The van der Waals surface area contributed by atoms with Crippen molar-refractivity contribution in [2.45, 2.75) is 38.3 Å². The third-order valence-electron chi connectivity index (χ3n) is 3.90. The summed E-state index contributed by atoms with van der Waals surface area (Å²) in [4.78, 5) is 12.1. The van der Waals surface area contributed by atoms with Crippen molar-refractivity contribution in [3.63, 3.8) is 0 Å². The van der Waals surface area contributed by atoms with E-state index in [2.05, 4.69) is 5.32 Å². The van der Waals surface area contributed by atoms with Crippen LogP contribution in [0.5, 0.6) is 0 Å². The molecule has 4 nitrogen and oxygen atoms in total. The average Bonchev–Trinajstić information content (AvgIpc) is 2.51. The van der Waals surface area contributed by atoms with Crippen LogP contribution in [-0.4, -0.2) is 23.1 Å². The van der Waals surface area contributed by atoms with Crippen LogP contribution in [0.2, 0.25) is 0 Å². The molecular weight excluding hydrogens is 312 g/mol. The third-order valence-corrected chi connectivity index (χ3v) is 3.90. The number of nitrogens with one attached hydrogen (secondary N) is 1. The van der Waals surface area contributed by atoms with Gasteiger partial charge >= 0.3 is 0 Å². The molecule has 0 aliphatic carbocycles. The van der Waals surface area contributed by atoms with E-state index in [0.29, 0.717) is 6.42 Å². The van der Waals surface area contributed by atoms with Crippen molar-refractivity contribution in [3.8, 4) is 0 Å². The molecular formula is C18H25ClN2O2. The molecule has 126 valence electrons. The SMILES string of the molecule is CCCC(C)(N)C(=O)NCC(O)c1ccc2ccccc2c1.Cl. The number of carbonyl (C=O) groups is 1. The summed E-state index contributed by atoms with van der Waals surface area (Å²) in [6.45, 7) is 3.87. The molecule has 0 aliphatic heterocycles. The van der Waals surface area contributed by atoms with Crippen molar-refractivity contribution in [3.05, 3.63) is 48.0 Å². The molecule has 0 bridgehead atoms. The van der Waals surface area contributed by atoms with E-state index in [1.807, 2.05) is 49.4 Å². The van der Waals surface area contributed by atoms with E-state index >= 15 is 0 Å². The quantitative estimate of drug-likeness (QED) is 0.759. The summed E-state index contributed by atoms with van der Waals surface area (Å²) in [5.74, 6) is -0.228. The van der Waals surface area contributed by atoms with Gasteiger partial charge < -0.3 is 16.2 Å². The molecule has 23 heavy (non-hydrogen) atoms. The number of rotatable bonds is 6. The van der Waals surface area contributed by atoms with Gasteiger partial charge in [0.1, 0.15) is 0 Å². The minimum Gasteiger partial charge on any atom is -0.387 e. The molecule has 0 fully saturated rings. The lowest BCUT2D eigenvalue weighted by Crippen LogP contribution is -2.52. The maximum Gasteiger partial charge on any atom is 0.239 e. The monoisotopic (exact) mass is 336 g/mol. The molecule has 0 radical (unpaired) electrons. The number of hydrogen-bond donors (Lipinski definition) is 3. The van der Waals surface area contributed by atoms with Crippen LogP contribution in [0.1, 0.15) is 38.4 Å². The Morgan fingerprint density at radius 3 is 2.57 bits per heavy atom. The van der Waals surface area contributed by atoms with E-state index in [-0.39, 0.29) is 24.9 Å². The van der Waals surface area contributed by atoms with Gasteiger partial charge in [-0.25, -0.2) is 0 Å². The maximum absolute atomic E-state index is 12.1. The minimum atomic E-state index is -0.891. The van der Waals surface area contributed by atoms with Crippen LogP contribution in [0, 0.1) is 0 Å². The first-order valence-corrected chi connectivity index (χ1v) is 7.68. The fourth-order valence-electron chi connectivity index (χ4n) is 2.56. The Morgan fingerprint density at radius 1 is 1.26 bits per heavy atom. The molecule has 2 aromatic rings. The number of nitrogens with two attached hydrogens (primary N) is 1. The van der Waals surface area contributed by atoms with Crippen LogP contribution in [0.25, 0.3) is 10.8 Å². The zero-order valence-corrected chi connectivity index (χ0v) is 14.4. The number of aliphatic hydroxyl groups excluding tert-OH is 1. The predicted molar refractivity (Wildman–Crippen MR) is 96.7 cm³/mol. The molecule has 0 spiro atoms. The number of carbonyl (C=O) groups excluding carboxylic acids is 1. The zero-order valence-electron chi connectivity index (χ0n) is 13.6. The molecule has 2 aromatic carbocycles. The van der Waals surface area contributed by atoms with E-state index in [0.717, 1.165) is 22.8 Å². The molecule has 1 amide bonds. The van der Waals surface area contributed by atoms with Gasteiger partial charge in [0, 0.05) is 6.54 Å². The first-order chi connectivity index (χ1) is 10.4. The van der Waals surface area contributed by atoms with E-state index in [1.165, 1.54) is 0 Å². The lowest BCUT2D eigenvalue weighted by Gasteiger charge is -2.24. The van der Waals surface area contributed by atoms with Gasteiger partial charge in [-0.05, 0) is 35.7 Å². The van der Waals surface area contributed by atoms with Crippen LogP contribution in [0.15, 0.2) is 42.5 Å². The highest BCUT2D eigenvalue weighted by atomic mass is 35.5. The molecule has 2 atom stereocenters. The van der Waals surface area contributed by atoms with Gasteiger partial charge in [-0.15, -0.1) is 12.4 Å². The second kappa shape index (κ2) is 8.29. The van der Waals surface area contributed by atoms with E-state index in [9.17, 15) is 9.90 Å². The van der Waals surface area contributed by atoms with Crippen molar-refractivity contribution in [2.24, 2.45) is 5.73 Å². The highest BCUT2D eigenvalue weighted by molar-refractivity contribution is 5.86. The molecule has 0 aliphatic rings. The number of aliphatic hydroxyl groups is 1. The molecule has 0 saturated carbocycles. The predicted octanol–water partition coefficient (Wildman–Crippen LogP) is 2.93. The number of amides is 1. The fourth-order valence-corrected chi connectivity index (χ4v) is 2.56. The van der Waals surface area contributed by atoms with E-state index in [4.69, 9.17) is 5.73 Å². The molecule has 2 unspecified atom stereocenters. The molecule has 4 N–H and O–H groups in total. The smallest absolute Gasteiger partial charge is 0.239 e. The van der Waals surface area contributed by atoms with Gasteiger partial charge in [-0.1, -0.05) is 49.7 Å². The van der Waals surface area contributed by atoms with Crippen molar-refractivity contribution >= 4 is 29.1 Å². The summed E-state index contributed by atoms with van der Waals surface area (Å²) in [5.41, 5.74) is 5.87. The number of benzene rings is 2. The third kappa shape index (κ3) is 4.93. The Balaban J connectivity index is 0.00000264. The van der Waals surface area contributed by atoms with Crippen LogP contribution in [-0.2, 0) is 4.79 Å². The van der Waals surface area contributed by atoms with Crippen LogP contribution in [0.4, 0.5) is 0 Å². The Bertz CT molecular complexity index is 658. The van der Waals surface area contributed by atoms with Crippen LogP contribution < -0.4 is 11.1 Å². The average molecular weight is 337 g/mol. The second-order valence-corrected chi connectivity index (χ2v) is 6.00. The molecule has 0 aromatic heterocycles. The van der Waals surface area contributed by atoms with Crippen molar-refractivity contribution in [2.75, 3.05) is 6.54 Å². The summed E-state index contributed by atoms with van der Waals surface area (Å²) >= 11 is 0. The Morgan fingerprint density at radius 2 is 1.91 bits per heavy atom. The summed E-state index contributed by atoms with van der Waals surface area (Å²) in [6.07, 6.45) is 0.712. The largest absolute Gasteiger partial charge is 0.387 e. The lowest BCUT2D eigenvalue weighted by atomic mass is 9.96. The first-order valence-electron chi connectivity index (χ1n) is 7.68. The Kier molecular flexibility index (Phi) is 7.01. The highest BCUT2D eigenvalue weighted by Gasteiger charge is 2.27. The molecule has 0 saturated heterocycles. The minimum absolute atomic E-state index is 0. The fraction of sp³-hybridized carbons (Fsp3) is 0.389. The van der Waals surface area contributed by atoms with Gasteiger partial charge in [0.25, 0.3) is 0 Å². The standard InChI is InChI=1S/C18H24N2O2.ClH/c1-3-10-18(2,19)17(22)20-12-16(21)15-9-8-13-6-4-5-7-14(13)11-15;/h4-9,11,16,21H,3,10,12,19H2,1-2H3,(H,20,22);1H. The van der Waals surface area contributed by atoms with Crippen molar-refractivity contribution < 1.29 is 9.90 Å². The molecule has 0 heterocycles. The summed E-state index contributed by atoms with van der Waals surface area (Å²) in [6, 6.07) is 13.8. The van der Waals surface area contributed by atoms with E-state index < -0.39 is 11.6 Å². The molecule has 5 heteroatoms. The Hall–Kier alpha value is -1.62. The van der Waals surface area contributed by atoms with Crippen molar-refractivity contribution in [1.29, 1.82) is 0 Å². The van der Waals surface area contributed by atoms with Crippen LogP contribution >= 0.6 is 12.4 Å². The number of hydrogen-bond acceptors (Lipinski definition) is 3. The number of fused-ring (bicyclic) bond motifs is 1. The summed E-state index contributed by atoms with van der Waals surface area (Å²) in [5, 5.41) is 15.2. The normalized spacial score (nSPS) is 14.6. The highest BCUT2D eigenvalue weighted by Crippen LogP contribution is 2.20. The Labute approximate surface area is 143 Å². The first kappa shape index (κ1) is 19.4.